The van der Waals surface area contributed by atoms with Crippen molar-refractivity contribution in [2.75, 3.05) is 25.0 Å². The van der Waals surface area contributed by atoms with Gasteiger partial charge in [-0.25, -0.2) is 0 Å². The topological polar surface area (TPSA) is 49.9 Å². The van der Waals surface area contributed by atoms with E-state index in [1.165, 1.54) is 11.1 Å². The number of nitrogens with zero attached hydrogens (tertiary/aromatic N) is 2. The third-order valence-corrected chi connectivity index (χ3v) is 5.25. The van der Waals surface area contributed by atoms with Crippen LogP contribution in [0.25, 0.3) is 0 Å². The van der Waals surface area contributed by atoms with Crippen LogP contribution in [0.15, 0.2) is 48.5 Å². The zero-order valence-corrected chi connectivity index (χ0v) is 18.5. The molecule has 0 unspecified atom stereocenters. The van der Waals surface area contributed by atoms with Gasteiger partial charge in [0.15, 0.2) is 0 Å². The van der Waals surface area contributed by atoms with Gasteiger partial charge in [0.25, 0.3) is 5.91 Å². The fraction of sp³-hybridized carbons (Fsp3) is 0.440. The summed E-state index contributed by atoms with van der Waals surface area (Å²) < 4.78 is 5.31. The first-order valence-corrected chi connectivity index (χ1v) is 10.6. The Hall–Kier alpha value is -2.82. The number of hydrogen-bond acceptors (Lipinski definition) is 4. The Morgan fingerprint density at radius 2 is 1.70 bits per heavy atom. The molecule has 3 rings (SSSR count). The van der Waals surface area contributed by atoms with Crippen LogP contribution in [0.1, 0.15) is 55.1 Å². The molecular formula is C25H32N2O3. The number of hydrogen-bond donors (Lipinski definition) is 0. The van der Waals surface area contributed by atoms with Gasteiger partial charge in [-0.1, -0.05) is 24.3 Å². The first kappa shape index (κ1) is 21.9. The predicted octanol–water partition coefficient (Wildman–Crippen LogP) is 4.44. The van der Waals surface area contributed by atoms with E-state index in [0.717, 1.165) is 25.2 Å². The molecule has 0 bridgehead atoms. The van der Waals surface area contributed by atoms with E-state index >= 15 is 0 Å². The third kappa shape index (κ3) is 5.85. The minimum Gasteiger partial charge on any atom is -0.460 e. The lowest BCUT2D eigenvalue weighted by atomic mass is 9.99. The van der Waals surface area contributed by atoms with Gasteiger partial charge >= 0.3 is 5.97 Å². The third-order valence-electron chi connectivity index (χ3n) is 5.25. The van der Waals surface area contributed by atoms with Gasteiger partial charge in [-0.15, -0.1) is 0 Å². The van der Waals surface area contributed by atoms with E-state index in [4.69, 9.17) is 4.74 Å². The summed E-state index contributed by atoms with van der Waals surface area (Å²) in [5, 5.41) is 0. The fourth-order valence-electron chi connectivity index (χ4n) is 3.71. The second-order valence-electron chi connectivity index (χ2n) is 8.90. The monoisotopic (exact) mass is 408 g/mol. The maximum absolute atomic E-state index is 12.7. The maximum Gasteiger partial charge on any atom is 0.306 e. The van der Waals surface area contributed by atoms with Crippen molar-refractivity contribution in [2.24, 2.45) is 0 Å². The molecular weight excluding hydrogens is 376 g/mol. The van der Waals surface area contributed by atoms with Crippen LogP contribution in [0.2, 0.25) is 0 Å². The van der Waals surface area contributed by atoms with Crippen LogP contribution in [0.5, 0.6) is 0 Å². The van der Waals surface area contributed by atoms with Gasteiger partial charge in [-0.2, -0.15) is 0 Å². The van der Waals surface area contributed by atoms with E-state index in [0.29, 0.717) is 24.9 Å². The van der Waals surface area contributed by atoms with Gasteiger partial charge in [0.1, 0.15) is 5.60 Å². The summed E-state index contributed by atoms with van der Waals surface area (Å²) in [6.07, 6.45) is 1.93. The van der Waals surface area contributed by atoms with E-state index in [-0.39, 0.29) is 11.9 Å². The van der Waals surface area contributed by atoms with Gasteiger partial charge in [0.05, 0.1) is 0 Å². The van der Waals surface area contributed by atoms with E-state index in [9.17, 15) is 9.59 Å². The molecule has 0 N–H and O–H groups in total. The first-order chi connectivity index (χ1) is 14.2. The number of fused-ring (bicyclic) bond motifs is 1. The number of benzene rings is 2. The molecule has 0 saturated carbocycles. The van der Waals surface area contributed by atoms with E-state index in [1.807, 2.05) is 45.0 Å². The van der Waals surface area contributed by atoms with Crippen molar-refractivity contribution in [3.05, 3.63) is 65.2 Å². The van der Waals surface area contributed by atoms with Crippen molar-refractivity contribution in [1.82, 2.24) is 4.90 Å². The molecule has 1 amide bonds. The van der Waals surface area contributed by atoms with Crippen molar-refractivity contribution in [1.29, 1.82) is 0 Å². The van der Waals surface area contributed by atoms with Crippen molar-refractivity contribution >= 4 is 17.6 Å². The van der Waals surface area contributed by atoms with Crippen molar-refractivity contribution in [2.45, 2.75) is 52.2 Å². The number of amides is 1. The fourth-order valence-corrected chi connectivity index (χ4v) is 3.71. The Morgan fingerprint density at radius 1 is 1.03 bits per heavy atom. The molecule has 0 aliphatic carbocycles. The largest absolute Gasteiger partial charge is 0.460 e. The van der Waals surface area contributed by atoms with Gasteiger partial charge in [0, 0.05) is 44.4 Å². The summed E-state index contributed by atoms with van der Waals surface area (Å²) in [4.78, 5) is 28.5. The Bertz CT molecular complexity index is 884. The smallest absolute Gasteiger partial charge is 0.306 e. The molecule has 0 spiro atoms. The molecule has 1 aliphatic heterocycles. The normalized spacial score (nSPS) is 13.5. The lowest BCUT2D eigenvalue weighted by Crippen LogP contribution is -2.31. The number of anilines is 1. The highest BCUT2D eigenvalue weighted by atomic mass is 16.6. The summed E-state index contributed by atoms with van der Waals surface area (Å²) in [7, 11) is 1.77. The Labute approximate surface area is 179 Å². The minimum atomic E-state index is -0.475. The molecule has 0 saturated heterocycles. The van der Waals surface area contributed by atoms with E-state index in [1.54, 1.807) is 11.9 Å². The van der Waals surface area contributed by atoms with Gasteiger partial charge in [-0.05, 0) is 69.0 Å². The minimum absolute atomic E-state index is 0.0327. The second kappa shape index (κ2) is 9.33. The van der Waals surface area contributed by atoms with Crippen LogP contribution in [0, 0.1) is 0 Å². The molecule has 5 heteroatoms. The molecule has 2 aromatic carbocycles. The van der Waals surface area contributed by atoms with Crippen molar-refractivity contribution in [3.63, 3.8) is 0 Å². The molecule has 2 aromatic rings. The van der Waals surface area contributed by atoms with E-state index in [2.05, 4.69) is 29.2 Å². The number of esters is 1. The molecule has 160 valence electrons. The number of rotatable bonds is 6. The number of carbonyl (C=O) groups excluding carboxylic acids is 2. The molecule has 30 heavy (non-hydrogen) atoms. The molecule has 1 heterocycles. The van der Waals surface area contributed by atoms with Gasteiger partial charge in [-0.3, -0.25) is 9.59 Å². The molecule has 0 atom stereocenters. The van der Waals surface area contributed by atoms with Crippen LogP contribution in [0.3, 0.4) is 0 Å². The molecule has 1 aliphatic rings. The predicted molar refractivity (Wildman–Crippen MR) is 120 cm³/mol. The summed E-state index contributed by atoms with van der Waals surface area (Å²) in [5.74, 6) is -0.259. The SMILES string of the molecule is CN(CCCC(=O)OC(C)(C)C)C(=O)c1ccc(N2CCc3ccccc3C2)cc1. The average Bonchev–Trinajstić information content (AvgIpc) is 2.71. The quantitative estimate of drug-likeness (QED) is 0.663. The highest BCUT2D eigenvalue weighted by Crippen LogP contribution is 2.25. The molecule has 0 fully saturated rings. The molecule has 5 nitrogen and oxygen atoms in total. The molecule has 0 aromatic heterocycles. The van der Waals surface area contributed by atoms with Crippen LogP contribution < -0.4 is 4.90 Å². The summed E-state index contributed by atoms with van der Waals surface area (Å²) in [5.41, 5.74) is 4.11. The summed E-state index contributed by atoms with van der Waals surface area (Å²) in [6.45, 7) is 7.96. The van der Waals surface area contributed by atoms with Crippen molar-refractivity contribution < 1.29 is 14.3 Å². The highest BCUT2D eigenvalue weighted by molar-refractivity contribution is 5.94. The highest BCUT2D eigenvalue weighted by Gasteiger charge is 2.19. The Balaban J connectivity index is 1.52. The van der Waals surface area contributed by atoms with Crippen LogP contribution in [0.4, 0.5) is 5.69 Å². The summed E-state index contributed by atoms with van der Waals surface area (Å²) >= 11 is 0. The average molecular weight is 409 g/mol. The lowest BCUT2D eigenvalue weighted by molar-refractivity contribution is -0.154. The van der Waals surface area contributed by atoms with Crippen LogP contribution in [-0.4, -0.2) is 42.5 Å². The Morgan fingerprint density at radius 3 is 2.37 bits per heavy atom. The molecule has 0 radical (unpaired) electrons. The van der Waals surface area contributed by atoms with Gasteiger partial charge in [0.2, 0.25) is 0 Å². The standard InChI is InChI=1S/C25H32N2O3/c1-25(2,3)30-23(28)10-7-16-26(4)24(29)20-11-13-22(14-12-20)27-17-15-19-8-5-6-9-21(19)18-27/h5-6,8-9,11-14H,7,10,15-18H2,1-4H3. The van der Waals surface area contributed by atoms with Gasteiger partial charge < -0.3 is 14.5 Å². The van der Waals surface area contributed by atoms with Crippen LogP contribution >= 0.6 is 0 Å². The number of ether oxygens (including phenoxy) is 1. The number of carbonyl (C=O) groups is 2. The van der Waals surface area contributed by atoms with Crippen molar-refractivity contribution in [3.8, 4) is 0 Å². The zero-order valence-electron chi connectivity index (χ0n) is 18.5. The van der Waals surface area contributed by atoms with Crippen LogP contribution in [-0.2, 0) is 22.5 Å². The zero-order chi connectivity index (χ0) is 21.7. The summed E-state index contributed by atoms with van der Waals surface area (Å²) in [6, 6.07) is 16.4. The Kier molecular flexibility index (Phi) is 6.80. The second-order valence-corrected chi connectivity index (χ2v) is 8.90. The lowest BCUT2D eigenvalue weighted by Gasteiger charge is -2.31. The first-order valence-electron chi connectivity index (χ1n) is 10.6. The maximum atomic E-state index is 12.7. The van der Waals surface area contributed by atoms with E-state index < -0.39 is 5.60 Å².